The Bertz CT molecular complexity index is 683. The van der Waals surface area contributed by atoms with Gasteiger partial charge in [-0.05, 0) is 43.2 Å². The van der Waals surface area contributed by atoms with Gasteiger partial charge in [0, 0.05) is 28.1 Å². The zero-order valence-corrected chi connectivity index (χ0v) is 13.0. The average Bonchev–Trinajstić information content (AvgIpc) is 3.03. The van der Waals surface area contributed by atoms with E-state index < -0.39 is 0 Å². The highest BCUT2D eigenvalue weighted by Crippen LogP contribution is 2.34. The van der Waals surface area contributed by atoms with E-state index >= 15 is 0 Å². The molecule has 0 saturated heterocycles. The summed E-state index contributed by atoms with van der Waals surface area (Å²) in [4.78, 5) is 26.8. The maximum Gasteiger partial charge on any atom is 0.257 e. The number of carbonyl (C=O) groups excluding carboxylic acids is 1. The Kier molecular flexibility index (Phi) is 4.63. The van der Waals surface area contributed by atoms with Crippen LogP contribution in [0.25, 0.3) is 0 Å². The van der Waals surface area contributed by atoms with Crippen molar-refractivity contribution in [2.24, 2.45) is 0 Å². The first kappa shape index (κ1) is 14.9. The number of aromatic amines is 1. The molecule has 2 N–H and O–H groups in total. The molecule has 1 aliphatic carbocycles. The summed E-state index contributed by atoms with van der Waals surface area (Å²) >= 11 is 1.92. The molecule has 1 amide bonds. The molecule has 5 heteroatoms. The number of nitrogens with one attached hydrogen (secondary N) is 2. The van der Waals surface area contributed by atoms with Crippen LogP contribution in [-0.2, 0) is 0 Å². The van der Waals surface area contributed by atoms with Gasteiger partial charge in [0.05, 0.1) is 5.56 Å². The van der Waals surface area contributed by atoms with Gasteiger partial charge in [0.25, 0.3) is 5.91 Å². The van der Waals surface area contributed by atoms with Crippen LogP contribution in [0.1, 0.15) is 36.0 Å². The first-order valence-corrected chi connectivity index (χ1v) is 8.35. The fourth-order valence-corrected chi connectivity index (χ4v) is 3.82. The summed E-state index contributed by atoms with van der Waals surface area (Å²) < 4.78 is 0. The average molecular weight is 314 g/mol. The quantitative estimate of drug-likeness (QED) is 0.905. The van der Waals surface area contributed by atoms with Crippen LogP contribution in [0.3, 0.4) is 0 Å². The minimum atomic E-state index is -0.229. The summed E-state index contributed by atoms with van der Waals surface area (Å²) in [6.07, 6.45) is 6.70. The second-order valence-corrected chi connectivity index (χ2v) is 6.82. The molecule has 4 nitrogen and oxygen atoms in total. The Morgan fingerprint density at radius 3 is 2.45 bits per heavy atom. The predicted molar refractivity (Wildman–Crippen MR) is 89.6 cm³/mol. The number of benzene rings is 1. The second-order valence-electron chi connectivity index (χ2n) is 5.44. The summed E-state index contributed by atoms with van der Waals surface area (Å²) in [6, 6.07) is 10.8. The zero-order valence-electron chi connectivity index (χ0n) is 12.2. The SMILES string of the molecule is O=C(Nc1ccc(SC2CCCC2)cc1)c1ccc(=O)[nH]c1. The van der Waals surface area contributed by atoms with Crippen LogP contribution in [0.4, 0.5) is 5.69 Å². The molecule has 0 unspecified atom stereocenters. The van der Waals surface area contributed by atoms with Crippen molar-refractivity contribution in [3.05, 3.63) is 58.5 Å². The molecular weight excluding hydrogens is 296 g/mol. The lowest BCUT2D eigenvalue weighted by molar-refractivity contribution is 0.102. The van der Waals surface area contributed by atoms with E-state index in [1.165, 1.54) is 48.9 Å². The number of aromatic nitrogens is 1. The molecule has 0 radical (unpaired) electrons. The highest BCUT2D eigenvalue weighted by Gasteiger charge is 2.16. The molecule has 0 aliphatic heterocycles. The summed E-state index contributed by atoms with van der Waals surface area (Å²) in [5.41, 5.74) is 0.973. The summed E-state index contributed by atoms with van der Waals surface area (Å²) in [5.74, 6) is -0.229. The third-order valence-electron chi connectivity index (χ3n) is 3.76. The molecule has 1 heterocycles. The number of H-pyrrole nitrogens is 1. The number of carbonyl (C=O) groups is 1. The number of anilines is 1. The topological polar surface area (TPSA) is 62.0 Å². The van der Waals surface area contributed by atoms with Crippen LogP contribution in [-0.4, -0.2) is 16.1 Å². The fourth-order valence-electron chi connectivity index (χ4n) is 2.57. The van der Waals surface area contributed by atoms with Crippen LogP contribution >= 0.6 is 11.8 Å². The highest BCUT2D eigenvalue weighted by atomic mass is 32.2. The molecular formula is C17H18N2O2S. The number of rotatable bonds is 4. The van der Waals surface area contributed by atoms with E-state index in [9.17, 15) is 9.59 Å². The van der Waals surface area contributed by atoms with E-state index in [0.717, 1.165) is 10.9 Å². The van der Waals surface area contributed by atoms with Crippen LogP contribution in [0.15, 0.2) is 52.3 Å². The van der Waals surface area contributed by atoms with Crippen molar-refractivity contribution in [2.75, 3.05) is 5.32 Å². The van der Waals surface area contributed by atoms with Gasteiger partial charge in [0.1, 0.15) is 0 Å². The summed E-state index contributed by atoms with van der Waals surface area (Å²) in [6.45, 7) is 0. The number of hydrogen-bond donors (Lipinski definition) is 2. The first-order valence-electron chi connectivity index (χ1n) is 7.47. The van der Waals surface area contributed by atoms with Gasteiger partial charge in [-0.15, -0.1) is 11.8 Å². The fraction of sp³-hybridized carbons (Fsp3) is 0.294. The van der Waals surface area contributed by atoms with Crippen molar-refractivity contribution in [1.82, 2.24) is 4.98 Å². The maximum absolute atomic E-state index is 12.1. The van der Waals surface area contributed by atoms with Gasteiger partial charge < -0.3 is 10.3 Å². The van der Waals surface area contributed by atoms with Gasteiger partial charge in [-0.3, -0.25) is 9.59 Å². The summed E-state index contributed by atoms with van der Waals surface area (Å²) in [7, 11) is 0. The molecule has 1 aromatic carbocycles. The van der Waals surface area contributed by atoms with Crippen molar-refractivity contribution >= 4 is 23.4 Å². The molecule has 1 aliphatic rings. The third-order valence-corrected chi connectivity index (χ3v) is 5.11. The lowest BCUT2D eigenvalue weighted by Crippen LogP contribution is -2.14. The number of thioether (sulfide) groups is 1. The lowest BCUT2D eigenvalue weighted by atomic mass is 10.2. The van der Waals surface area contributed by atoms with Gasteiger partial charge in [-0.2, -0.15) is 0 Å². The van der Waals surface area contributed by atoms with E-state index in [0.29, 0.717) is 5.56 Å². The van der Waals surface area contributed by atoms with E-state index in [1.54, 1.807) is 0 Å². The van der Waals surface area contributed by atoms with Crippen LogP contribution < -0.4 is 10.9 Å². The molecule has 2 aromatic rings. The molecule has 0 spiro atoms. The van der Waals surface area contributed by atoms with E-state index in [4.69, 9.17) is 0 Å². The first-order chi connectivity index (χ1) is 10.7. The van der Waals surface area contributed by atoms with Crippen molar-refractivity contribution < 1.29 is 4.79 Å². The van der Waals surface area contributed by atoms with Gasteiger partial charge in [-0.25, -0.2) is 0 Å². The predicted octanol–water partition coefficient (Wildman–Crippen LogP) is 3.66. The Morgan fingerprint density at radius 1 is 1.09 bits per heavy atom. The van der Waals surface area contributed by atoms with Gasteiger partial charge >= 0.3 is 0 Å². The molecule has 1 aromatic heterocycles. The minimum absolute atomic E-state index is 0.218. The molecule has 1 saturated carbocycles. The Hall–Kier alpha value is -2.01. The highest BCUT2D eigenvalue weighted by molar-refractivity contribution is 8.00. The number of amides is 1. The van der Waals surface area contributed by atoms with Crippen molar-refractivity contribution in [3.63, 3.8) is 0 Å². The van der Waals surface area contributed by atoms with Crippen LogP contribution in [0, 0.1) is 0 Å². The van der Waals surface area contributed by atoms with E-state index in [-0.39, 0.29) is 11.5 Å². The maximum atomic E-state index is 12.1. The minimum Gasteiger partial charge on any atom is -0.328 e. The Morgan fingerprint density at radius 2 is 1.82 bits per heavy atom. The molecule has 114 valence electrons. The number of pyridine rings is 1. The third kappa shape index (κ3) is 3.80. The van der Waals surface area contributed by atoms with Gasteiger partial charge in [-0.1, -0.05) is 12.8 Å². The Labute approximate surface area is 133 Å². The van der Waals surface area contributed by atoms with Gasteiger partial charge in [0.2, 0.25) is 5.56 Å². The second kappa shape index (κ2) is 6.83. The van der Waals surface area contributed by atoms with E-state index in [1.807, 2.05) is 36.0 Å². The molecule has 0 bridgehead atoms. The van der Waals surface area contributed by atoms with Crippen molar-refractivity contribution in [3.8, 4) is 0 Å². The summed E-state index contributed by atoms with van der Waals surface area (Å²) in [5, 5.41) is 3.57. The van der Waals surface area contributed by atoms with Crippen LogP contribution in [0.5, 0.6) is 0 Å². The largest absolute Gasteiger partial charge is 0.328 e. The lowest BCUT2D eigenvalue weighted by Gasteiger charge is -2.10. The van der Waals surface area contributed by atoms with Crippen molar-refractivity contribution in [2.45, 2.75) is 35.8 Å². The zero-order chi connectivity index (χ0) is 15.4. The molecule has 1 fully saturated rings. The van der Waals surface area contributed by atoms with Gasteiger partial charge in [0.15, 0.2) is 0 Å². The Balaban J connectivity index is 1.61. The normalized spacial score (nSPS) is 14.9. The standard InChI is InChI=1S/C17H18N2O2S/c20-16-10-5-12(11-18-16)17(21)19-13-6-8-15(9-7-13)22-14-3-1-2-4-14/h5-11,14H,1-4H2,(H,18,20)(H,19,21). The number of hydrogen-bond acceptors (Lipinski definition) is 3. The van der Waals surface area contributed by atoms with Crippen LogP contribution in [0.2, 0.25) is 0 Å². The molecule has 22 heavy (non-hydrogen) atoms. The molecule has 0 atom stereocenters. The molecule has 3 rings (SSSR count). The monoisotopic (exact) mass is 314 g/mol. The van der Waals surface area contributed by atoms with Crippen molar-refractivity contribution in [1.29, 1.82) is 0 Å². The van der Waals surface area contributed by atoms with E-state index in [2.05, 4.69) is 10.3 Å². The smallest absolute Gasteiger partial charge is 0.257 e.